The summed E-state index contributed by atoms with van der Waals surface area (Å²) in [4.78, 5) is 4.46. The third-order valence-electron chi connectivity index (χ3n) is 10.4. The molecule has 0 saturated heterocycles. The van der Waals surface area contributed by atoms with Gasteiger partial charge in [0.05, 0.1) is 37.9 Å². The highest BCUT2D eigenvalue weighted by molar-refractivity contribution is 7.10. The van der Waals surface area contributed by atoms with Crippen molar-refractivity contribution >= 4 is 34.5 Å². The summed E-state index contributed by atoms with van der Waals surface area (Å²) >= 11 is 0. The fourth-order valence-electron chi connectivity index (χ4n) is 8.56. The number of rotatable bonds is 6. The van der Waals surface area contributed by atoms with Crippen LogP contribution >= 0.6 is 28.4 Å². The van der Waals surface area contributed by atoms with E-state index < -0.39 is 0 Å². The smallest absolute Gasteiger partial charge is 0.385 e. The predicted octanol–water partition coefficient (Wildman–Crippen LogP) is 6.57. The van der Waals surface area contributed by atoms with Gasteiger partial charge >= 0.3 is 6.08 Å². The molecule has 4 rings (SSSR count). The summed E-state index contributed by atoms with van der Waals surface area (Å²) in [6.45, 7) is 8.34. The normalized spacial score (nSPS) is 43.6. The quantitative estimate of drug-likeness (QED) is 0.228. The lowest BCUT2D eigenvalue weighted by atomic mass is 9.46. The summed E-state index contributed by atoms with van der Waals surface area (Å²) in [5.41, 5.74) is 0.739. The van der Waals surface area contributed by atoms with Crippen molar-refractivity contribution in [3.8, 4) is 0 Å². The van der Waals surface area contributed by atoms with Crippen LogP contribution in [0, 0.1) is 46.3 Å². The predicted molar refractivity (Wildman–Crippen MR) is 143 cm³/mol. The van der Waals surface area contributed by atoms with Gasteiger partial charge in [-0.25, -0.2) is 4.99 Å². The maximum absolute atomic E-state index is 6.07. The third-order valence-corrected chi connectivity index (χ3v) is 11.2. The van der Waals surface area contributed by atoms with Crippen molar-refractivity contribution in [3.05, 3.63) is 11.8 Å². The minimum atomic E-state index is 0.349. The molecule has 33 heavy (non-hydrogen) atoms. The van der Waals surface area contributed by atoms with E-state index in [2.05, 4.69) is 60.2 Å². The second kappa shape index (κ2) is 10.6. The Labute approximate surface area is 207 Å². The fourth-order valence-corrected chi connectivity index (χ4v) is 9.21. The van der Waals surface area contributed by atoms with Gasteiger partial charge in [0.25, 0.3) is 0 Å². The first-order valence-electron chi connectivity index (χ1n) is 12.7. The van der Waals surface area contributed by atoms with E-state index in [1.807, 2.05) is 0 Å². The van der Waals surface area contributed by atoms with Crippen molar-refractivity contribution in [3.63, 3.8) is 0 Å². The Morgan fingerprint density at radius 2 is 1.82 bits per heavy atom. The molecular weight excluding hydrogens is 471 g/mol. The summed E-state index contributed by atoms with van der Waals surface area (Å²) in [6, 6.07) is 0. The van der Waals surface area contributed by atoms with Gasteiger partial charge in [-0.3, -0.25) is 0 Å². The molecule has 0 aromatic rings. The van der Waals surface area contributed by atoms with Gasteiger partial charge < -0.3 is 18.3 Å². The Balaban J connectivity index is 1.54. The van der Waals surface area contributed by atoms with Gasteiger partial charge in [-0.2, -0.15) is 0 Å². The molecule has 0 amide bonds. The standard InChI is InChI=1S/C25H44NO4P3/c1-15(9-12-26-23(27-4)30-33)18-5-6-19-22-20(8-11-25(18,19)3)24(2)10-7-17(28-31)13-16(24)14-21(22)29-32/h14-20,22H,5-13,31-33H2,1-4H3/b26-23-/t15-,16+,17-,18?,19+,20+,22+,24+,25-/m1/s1. The molecule has 4 aliphatic rings. The lowest BCUT2D eigenvalue weighted by Crippen LogP contribution is -2.54. The van der Waals surface area contributed by atoms with Gasteiger partial charge in [0.2, 0.25) is 0 Å². The van der Waals surface area contributed by atoms with Crippen LogP contribution in [-0.2, 0) is 18.3 Å². The maximum atomic E-state index is 6.07. The lowest BCUT2D eigenvalue weighted by Gasteiger charge is -2.60. The molecule has 12 atom stereocenters. The molecule has 0 N–H and O–H groups in total. The number of aliphatic imine (C=N–C) groups is 1. The number of nitrogens with zero attached hydrogens (tertiary/aromatic N) is 1. The summed E-state index contributed by atoms with van der Waals surface area (Å²) in [5, 5.41) is 0. The molecule has 0 aromatic heterocycles. The van der Waals surface area contributed by atoms with Crippen LogP contribution in [0.5, 0.6) is 0 Å². The molecule has 0 aromatic carbocycles. The van der Waals surface area contributed by atoms with Crippen LogP contribution in [0.2, 0.25) is 0 Å². The van der Waals surface area contributed by atoms with Crippen LogP contribution in [0.3, 0.4) is 0 Å². The van der Waals surface area contributed by atoms with Crippen LogP contribution < -0.4 is 0 Å². The van der Waals surface area contributed by atoms with Gasteiger partial charge in [0.1, 0.15) is 0 Å². The van der Waals surface area contributed by atoms with Crippen molar-refractivity contribution in [2.75, 3.05) is 13.7 Å². The summed E-state index contributed by atoms with van der Waals surface area (Å²) in [5.74, 6) is 5.14. The zero-order valence-electron chi connectivity index (χ0n) is 20.8. The average Bonchev–Trinajstić information content (AvgIpc) is 3.18. The molecule has 188 valence electrons. The van der Waals surface area contributed by atoms with Crippen LogP contribution in [0.15, 0.2) is 16.8 Å². The minimum absolute atomic E-state index is 0.349. The molecule has 8 heteroatoms. The second-order valence-corrected chi connectivity index (χ2v) is 12.3. The molecule has 0 spiro atoms. The number of hydrogen-bond acceptors (Lipinski definition) is 5. The van der Waals surface area contributed by atoms with Crippen LogP contribution in [-0.4, -0.2) is 25.8 Å². The van der Waals surface area contributed by atoms with Crippen LogP contribution in [0.25, 0.3) is 0 Å². The van der Waals surface area contributed by atoms with E-state index in [-0.39, 0.29) is 0 Å². The van der Waals surface area contributed by atoms with Gasteiger partial charge in [0, 0.05) is 21.9 Å². The summed E-state index contributed by atoms with van der Waals surface area (Å²) in [6.07, 6.45) is 13.1. The summed E-state index contributed by atoms with van der Waals surface area (Å²) < 4.78 is 22.0. The first-order chi connectivity index (χ1) is 15.8. The van der Waals surface area contributed by atoms with Crippen molar-refractivity contribution in [2.45, 2.75) is 78.2 Å². The number of hydrogen-bond donors (Lipinski definition) is 0. The lowest BCUT2D eigenvalue weighted by molar-refractivity contribution is -0.0913. The monoisotopic (exact) mass is 515 g/mol. The highest BCUT2D eigenvalue weighted by Gasteiger charge is 2.61. The van der Waals surface area contributed by atoms with Gasteiger partial charge in [0.15, 0.2) is 0 Å². The number of fused-ring (bicyclic) bond motifs is 5. The molecule has 4 aliphatic carbocycles. The van der Waals surface area contributed by atoms with Gasteiger partial charge in [-0.15, -0.1) is 0 Å². The zero-order chi connectivity index (χ0) is 23.8. The second-order valence-electron chi connectivity index (χ2n) is 11.5. The van der Waals surface area contributed by atoms with E-state index in [4.69, 9.17) is 18.3 Å². The largest absolute Gasteiger partial charge is 0.485 e. The Hall–Kier alpha value is 0.0600. The van der Waals surface area contributed by atoms with Gasteiger partial charge in [-0.05, 0) is 97.9 Å². The Kier molecular flexibility index (Phi) is 8.38. The molecule has 3 saturated carbocycles. The Morgan fingerprint density at radius 1 is 1.09 bits per heavy atom. The highest BCUT2D eigenvalue weighted by atomic mass is 31.0. The molecule has 0 heterocycles. The third kappa shape index (κ3) is 4.63. The van der Waals surface area contributed by atoms with Gasteiger partial charge in [-0.1, -0.05) is 20.8 Å². The maximum Gasteiger partial charge on any atom is 0.385 e. The number of methoxy groups -OCH3 is 1. The van der Waals surface area contributed by atoms with Crippen molar-refractivity contribution in [1.82, 2.24) is 0 Å². The molecule has 0 radical (unpaired) electrons. The minimum Gasteiger partial charge on any atom is -0.485 e. The molecule has 4 unspecified atom stereocenters. The van der Waals surface area contributed by atoms with E-state index in [1.54, 1.807) is 7.11 Å². The SMILES string of the molecule is CO/C(=N/CC[C@@H](C)C1CC[C@H]2[C@@H]3C(OP)=C[C@@H]4C[C@H](OP)CC[C@]4(C)[C@H]3CC[C@]12C)OP. The molecule has 0 bridgehead atoms. The molecule has 5 nitrogen and oxygen atoms in total. The van der Waals surface area contributed by atoms with Crippen molar-refractivity contribution < 1.29 is 18.3 Å². The average molecular weight is 516 g/mol. The first-order valence-corrected chi connectivity index (χ1v) is 14.1. The highest BCUT2D eigenvalue weighted by Crippen LogP contribution is 2.68. The van der Waals surface area contributed by atoms with E-state index in [9.17, 15) is 0 Å². The van der Waals surface area contributed by atoms with Crippen LogP contribution in [0.4, 0.5) is 0 Å². The topological polar surface area (TPSA) is 49.3 Å². The molecular formula is C25H44NO4P3. The van der Waals surface area contributed by atoms with Crippen LogP contribution in [0.1, 0.15) is 72.1 Å². The zero-order valence-corrected chi connectivity index (χ0v) is 24.3. The number of ether oxygens (including phenoxy) is 1. The Morgan fingerprint density at radius 3 is 2.48 bits per heavy atom. The van der Waals surface area contributed by atoms with E-state index in [0.29, 0.717) is 52.6 Å². The summed E-state index contributed by atoms with van der Waals surface area (Å²) in [7, 11) is 8.88. The van der Waals surface area contributed by atoms with E-state index >= 15 is 0 Å². The Bertz CT molecular complexity index is 758. The molecule has 3 fully saturated rings. The van der Waals surface area contributed by atoms with E-state index in [0.717, 1.165) is 25.3 Å². The van der Waals surface area contributed by atoms with Crippen molar-refractivity contribution in [1.29, 1.82) is 0 Å². The number of allylic oxidation sites excluding steroid dienone is 2. The van der Waals surface area contributed by atoms with Crippen molar-refractivity contribution in [2.24, 2.45) is 51.3 Å². The fraction of sp³-hybridized carbons (Fsp3) is 0.880. The van der Waals surface area contributed by atoms with E-state index in [1.165, 1.54) is 44.3 Å². The molecule has 0 aliphatic heterocycles. The first kappa shape index (κ1) is 26.1.